The monoisotopic (exact) mass is 370 g/mol. The molecule has 2 aromatic carbocycles. The predicted octanol–water partition coefficient (Wildman–Crippen LogP) is 3.62. The van der Waals surface area contributed by atoms with Gasteiger partial charge in [-0.2, -0.15) is 0 Å². The number of hydrogen-bond acceptors (Lipinski definition) is 2. The molecule has 0 unspecified atom stereocenters. The molecule has 0 aliphatic rings. The molecular weight excluding hydrogens is 358 g/mol. The lowest BCUT2D eigenvalue weighted by Gasteiger charge is -2.07. The Balaban J connectivity index is 1.92. The van der Waals surface area contributed by atoms with Crippen molar-refractivity contribution in [3.05, 3.63) is 63.5 Å². The highest BCUT2D eigenvalue weighted by Gasteiger charge is 2.09. The van der Waals surface area contributed by atoms with E-state index in [2.05, 4.69) is 22.6 Å². The van der Waals surface area contributed by atoms with Crippen LogP contribution < -0.4 is 4.74 Å². The van der Waals surface area contributed by atoms with Gasteiger partial charge in [0.25, 0.3) is 0 Å². The molecular formula is C15H12FIO2. The third kappa shape index (κ3) is 4.02. The molecule has 0 aliphatic heterocycles. The van der Waals surface area contributed by atoms with Gasteiger partial charge in [0.2, 0.25) is 0 Å². The summed E-state index contributed by atoms with van der Waals surface area (Å²) >= 11 is 2.14. The van der Waals surface area contributed by atoms with E-state index in [-0.39, 0.29) is 24.6 Å². The summed E-state index contributed by atoms with van der Waals surface area (Å²) in [5.74, 6) is 0.167. The summed E-state index contributed by atoms with van der Waals surface area (Å²) in [6, 6.07) is 13.7. The van der Waals surface area contributed by atoms with Crippen molar-refractivity contribution in [2.24, 2.45) is 0 Å². The van der Waals surface area contributed by atoms with E-state index in [1.165, 1.54) is 6.07 Å². The topological polar surface area (TPSA) is 26.3 Å². The third-order valence-corrected chi connectivity index (χ3v) is 3.46. The zero-order chi connectivity index (χ0) is 13.7. The van der Waals surface area contributed by atoms with Crippen molar-refractivity contribution in [2.75, 3.05) is 6.61 Å². The van der Waals surface area contributed by atoms with Gasteiger partial charge in [-0.15, -0.1) is 0 Å². The predicted molar refractivity (Wildman–Crippen MR) is 79.8 cm³/mol. The number of hydrogen-bond donors (Lipinski definition) is 0. The van der Waals surface area contributed by atoms with Crippen LogP contribution in [0.25, 0.3) is 0 Å². The Kier molecular flexibility index (Phi) is 4.90. The van der Waals surface area contributed by atoms with Gasteiger partial charge in [0, 0.05) is 6.42 Å². The molecule has 0 radical (unpaired) electrons. The van der Waals surface area contributed by atoms with Crippen molar-refractivity contribution in [1.29, 1.82) is 0 Å². The number of carbonyl (C=O) groups is 1. The number of benzene rings is 2. The summed E-state index contributed by atoms with van der Waals surface area (Å²) in [4.78, 5) is 11.8. The standard InChI is InChI=1S/C15H12FIO2/c16-13-6-2-1-5-11(13)9-12(18)10-19-15-8-4-3-7-14(15)17/h1-8H,9-10H2. The lowest BCUT2D eigenvalue weighted by atomic mass is 10.1. The van der Waals surface area contributed by atoms with Gasteiger partial charge in [-0.3, -0.25) is 4.79 Å². The average molecular weight is 370 g/mol. The van der Waals surface area contributed by atoms with Crippen LogP contribution in [0.15, 0.2) is 48.5 Å². The van der Waals surface area contributed by atoms with Crippen molar-refractivity contribution in [3.63, 3.8) is 0 Å². The van der Waals surface area contributed by atoms with Gasteiger partial charge in [0.1, 0.15) is 18.2 Å². The number of halogens is 2. The minimum atomic E-state index is -0.356. The number of rotatable bonds is 5. The first-order chi connectivity index (χ1) is 9.16. The first-order valence-corrected chi connectivity index (χ1v) is 6.87. The molecule has 19 heavy (non-hydrogen) atoms. The number of para-hydroxylation sites is 1. The van der Waals surface area contributed by atoms with Crippen molar-refractivity contribution in [2.45, 2.75) is 6.42 Å². The first-order valence-electron chi connectivity index (χ1n) is 5.79. The number of Topliss-reactive ketones (excluding diaryl/α,β-unsaturated/α-hetero) is 1. The molecule has 0 amide bonds. The van der Waals surface area contributed by atoms with Gasteiger partial charge in [-0.25, -0.2) is 4.39 Å². The lowest BCUT2D eigenvalue weighted by Crippen LogP contribution is -2.15. The van der Waals surface area contributed by atoms with Crippen molar-refractivity contribution in [3.8, 4) is 5.75 Å². The third-order valence-electron chi connectivity index (χ3n) is 2.57. The Bertz CT molecular complexity index is 584. The van der Waals surface area contributed by atoms with Crippen LogP contribution in [0.5, 0.6) is 5.75 Å². The SMILES string of the molecule is O=C(COc1ccccc1I)Cc1ccccc1F. The highest BCUT2D eigenvalue weighted by Crippen LogP contribution is 2.19. The second-order valence-electron chi connectivity index (χ2n) is 4.03. The van der Waals surface area contributed by atoms with E-state index in [1.54, 1.807) is 24.3 Å². The Labute approximate surface area is 124 Å². The smallest absolute Gasteiger partial charge is 0.174 e. The van der Waals surface area contributed by atoms with Gasteiger partial charge in [0.15, 0.2) is 5.78 Å². The molecule has 4 heteroatoms. The first kappa shape index (κ1) is 14.0. The molecule has 0 fully saturated rings. The van der Waals surface area contributed by atoms with Gasteiger partial charge in [0.05, 0.1) is 3.57 Å². The molecule has 0 spiro atoms. The van der Waals surface area contributed by atoms with Crippen molar-refractivity contribution < 1.29 is 13.9 Å². The summed E-state index contributed by atoms with van der Waals surface area (Å²) in [7, 11) is 0. The molecule has 0 saturated carbocycles. The van der Waals surface area contributed by atoms with Crippen LogP contribution >= 0.6 is 22.6 Å². The summed E-state index contributed by atoms with van der Waals surface area (Å²) in [6.07, 6.45) is 0.0517. The maximum absolute atomic E-state index is 13.4. The number of ketones is 1. The van der Waals surface area contributed by atoms with E-state index < -0.39 is 0 Å². The van der Waals surface area contributed by atoms with Crippen LogP contribution in [0.1, 0.15) is 5.56 Å². The zero-order valence-corrected chi connectivity index (χ0v) is 12.3. The van der Waals surface area contributed by atoms with Crippen LogP contribution in [0, 0.1) is 9.39 Å². The van der Waals surface area contributed by atoms with Gasteiger partial charge in [-0.1, -0.05) is 30.3 Å². The van der Waals surface area contributed by atoms with Gasteiger partial charge >= 0.3 is 0 Å². The van der Waals surface area contributed by atoms with Crippen LogP contribution in [-0.2, 0) is 11.2 Å². The molecule has 0 N–H and O–H groups in total. The highest BCUT2D eigenvalue weighted by molar-refractivity contribution is 14.1. The molecule has 0 saturated heterocycles. The molecule has 0 bridgehead atoms. The largest absolute Gasteiger partial charge is 0.485 e. The fraction of sp³-hybridized carbons (Fsp3) is 0.133. The maximum atomic E-state index is 13.4. The minimum absolute atomic E-state index is 0.0473. The Hall–Kier alpha value is -1.43. The summed E-state index contributed by atoms with van der Waals surface area (Å²) in [6.45, 7) is -0.0473. The Morgan fingerprint density at radius 3 is 2.53 bits per heavy atom. The van der Waals surface area contributed by atoms with E-state index in [1.807, 2.05) is 18.2 Å². The highest BCUT2D eigenvalue weighted by atomic mass is 127. The zero-order valence-electron chi connectivity index (χ0n) is 10.1. The second kappa shape index (κ2) is 6.65. The fourth-order valence-electron chi connectivity index (χ4n) is 1.63. The second-order valence-corrected chi connectivity index (χ2v) is 5.19. The quantitative estimate of drug-likeness (QED) is 0.752. The normalized spacial score (nSPS) is 10.2. The van der Waals surface area contributed by atoms with Gasteiger partial charge in [-0.05, 0) is 46.4 Å². The lowest BCUT2D eigenvalue weighted by molar-refractivity contribution is -0.120. The van der Waals surface area contributed by atoms with E-state index in [9.17, 15) is 9.18 Å². The molecule has 0 heterocycles. The summed E-state index contributed by atoms with van der Waals surface area (Å²) in [5, 5.41) is 0. The molecule has 98 valence electrons. The van der Waals surface area contributed by atoms with Crippen molar-refractivity contribution in [1.82, 2.24) is 0 Å². The Morgan fingerprint density at radius 2 is 1.79 bits per heavy atom. The van der Waals surface area contributed by atoms with E-state index in [0.29, 0.717) is 11.3 Å². The van der Waals surface area contributed by atoms with Crippen molar-refractivity contribution >= 4 is 28.4 Å². The van der Waals surface area contributed by atoms with Crippen LogP contribution in [0.3, 0.4) is 0 Å². The average Bonchev–Trinajstić information content (AvgIpc) is 2.40. The summed E-state index contributed by atoms with van der Waals surface area (Å²) < 4.78 is 19.8. The van der Waals surface area contributed by atoms with E-state index in [0.717, 1.165) is 3.57 Å². The molecule has 0 aliphatic carbocycles. The molecule has 0 aromatic heterocycles. The maximum Gasteiger partial charge on any atom is 0.174 e. The fourth-order valence-corrected chi connectivity index (χ4v) is 2.17. The molecule has 0 atom stereocenters. The number of carbonyl (C=O) groups excluding carboxylic acids is 1. The molecule has 2 nitrogen and oxygen atoms in total. The Morgan fingerprint density at radius 1 is 1.11 bits per heavy atom. The summed E-state index contributed by atoms with van der Waals surface area (Å²) in [5.41, 5.74) is 0.402. The molecule has 2 aromatic rings. The minimum Gasteiger partial charge on any atom is -0.485 e. The molecule has 2 rings (SSSR count). The van der Waals surface area contributed by atoms with Crippen LogP contribution in [-0.4, -0.2) is 12.4 Å². The van der Waals surface area contributed by atoms with Crippen LogP contribution in [0.4, 0.5) is 4.39 Å². The van der Waals surface area contributed by atoms with Crippen LogP contribution in [0.2, 0.25) is 0 Å². The van der Waals surface area contributed by atoms with E-state index >= 15 is 0 Å². The van der Waals surface area contributed by atoms with Gasteiger partial charge < -0.3 is 4.74 Å². The number of ether oxygens (including phenoxy) is 1. The van der Waals surface area contributed by atoms with E-state index in [4.69, 9.17) is 4.74 Å².